The van der Waals surface area contributed by atoms with E-state index in [1.165, 1.54) is 18.3 Å². The number of nitrogens with zero attached hydrogens (tertiary/aromatic N) is 3. The zero-order valence-corrected chi connectivity index (χ0v) is 18.5. The van der Waals surface area contributed by atoms with Gasteiger partial charge in [0.2, 0.25) is 5.88 Å². The third-order valence-corrected chi connectivity index (χ3v) is 5.99. The second-order valence-corrected chi connectivity index (χ2v) is 8.39. The van der Waals surface area contributed by atoms with Crippen LogP contribution in [0.4, 0.5) is 14.5 Å². The summed E-state index contributed by atoms with van der Waals surface area (Å²) in [4.78, 5) is 19.5. The van der Waals surface area contributed by atoms with Gasteiger partial charge in [0.15, 0.2) is 17.3 Å². The molecule has 0 unspecified atom stereocenters. The Morgan fingerprint density at radius 1 is 1.15 bits per heavy atom. The predicted octanol–water partition coefficient (Wildman–Crippen LogP) is 4.63. The fourth-order valence-corrected chi connectivity index (χ4v) is 4.07. The number of nitrogens with one attached hydrogen (secondary N) is 2. The fourth-order valence-electron chi connectivity index (χ4n) is 4.07. The average Bonchev–Trinajstić information content (AvgIpc) is 3.27. The van der Waals surface area contributed by atoms with Crippen LogP contribution < -0.4 is 10.1 Å². The van der Waals surface area contributed by atoms with Gasteiger partial charge in [0.1, 0.15) is 6.10 Å². The summed E-state index contributed by atoms with van der Waals surface area (Å²) in [5.41, 5.74) is 1.78. The Morgan fingerprint density at radius 3 is 2.74 bits per heavy atom. The maximum Gasteiger partial charge on any atom is 0.276 e. The molecule has 9 heteroatoms. The maximum absolute atomic E-state index is 14.3. The number of fused-ring (bicyclic) bond motifs is 1. The van der Waals surface area contributed by atoms with Crippen molar-refractivity contribution in [1.29, 1.82) is 0 Å². The van der Waals surface area contributed by atoms with Gasteiger partial charge in [0.05, 0.1) is 17.4 Å². The summed E-state index contributed by atoms with van der Waals surface area (Å²) in [6.07, 6.45) is 3.57. The van der Waals surface area contributed by atoms with Crippen LogP contribution in [0.5, 0.6) is 5.88 Å². The third kappa shape index (κ3) is 4.47. The monoisotopic (exact) mass is 463 g/mol. The van der Waals surface area contributed by atoms with Crippen LogP contribution in [0.15, 0.2) is 54.7 Å². The van der Waals surface area contributed by atoms with Crippen LogP contribution >= 0.6 is 0 Å². The average molecular weight is 463 g/mol. The van der Waals surface area contributed by atoms with E-state index in [4.69, 9.17) is 4.74 Å². The first-order valence-corrected chi connectivity index (χ1v) is 11.0. The molecular weight excluding hydrogens is 440 g/mol. The van der Waals surface area contributed by atoms with Gasteiger partial charge in [-0.1, -0.05) is 18.2 Å². The number of benzene rings is 2. The molecule has 0 saturated carbocycles. The molecule has 4 aromatic rings. The second-order valence-electron chi connectivity index (χ2n) is 8.39. The Bertz CT molecular complexity index is 1330. The van der Waals surface area contributed by atoms with Gasteiger partial charge in [0.25, 0.3) is 5.91 Å². The van der Waals surface area contributed by atoms with Gasteiger partial charge in [-0.15, -0.1) is 0 Å². The van der Waals surface area contributed by atoms with Gasteiger partial charge in [-0.05, 0) is 49.7 Å². The number of amides is 1. The van der Waals surface area contributed by atoms with Crippen molar-refractivity contribution in [2.45, 2.75) is 18.9 Å². The largest absolute Gasteiger partial charge is 0.474 e. The number of aromatic nitrogens is 3. The normalized spacial score (nSPS) is 14.9. The van der Waals surface area contributed by atoms with Gasteiger partial charge in [-0.3, -0.25) is 9.89 Å². The van der Waals surface area contributed by atoms with Crippen LogP contribution in [0.2, 0.25) is 0 Å². The molecule has 0 aliphatic carbocycles. The molecule has 2 aromatic carbocycles. The van der Waals surface area contributed by atoms with Crippen molar-refractivity contribution in [2.75, 3.05) is 25.5 Å². The molecule has 2 N–H and O–H groups in total. The smallest absolute Gasteiger partial charge is 0.276 e. The topological polar surface area (TPSA) is 83.1 Å². The zero-order valence-electron chi connectivity index (χ0n) is 18.5. The molecule has 0 spiro atoms. The SMILES string of the molecule is CN1CCC(Oc2ccc(NC(=O)c3n[nH]c4ccc(-c5cccc(F)c5F)cc34)cn2)CC1. The number of aromatic amines is 1. The highest BCUT2D eigenvalue weighted by Gasteiger charge is 2.19. The molecule has 1 amide bonds. The highest BCUT2D eigenvalue weighted by molar-refractivity contribution is 6.11. The second kappa shape index (κ2) is 9.18. The summed E-state index contributed by atoms with van der Waals surface area (Å²) < 4.78 is 33.9. The molecule has 1 aliphatic heterocycles. The van der Waals surface area contributed by atoms with Crippen molar-refractivity contribution in [3.8, 4) is 17.0 Å². The number of anilines is 1. The van der Waals surface area contributed by atoms with Gasteiger partial charge >= 0.3 is 0 Å². The third-order valence-electron chi connectivity index (χ3n) is 5.99. The van der Waals surface area contributed by atoms with E-state index in [0.717, 1.165) is 32.0 Å². The highest BCUT2D eigenvalue weighted by atomic mass is 19.2. The first-order valence-electron chi connectivity index (χ1n) is 11.0. The van der Waals surface area contributed by atoms with Gasteiger partial charge in [-0.25, -0.2) is 13.8 Å². The van der Waals surface area contributed by atoms with E-state index in [-0.39, 0.29) is 17.4 Å². The summed E-state index contributed by atoms with van der Waals surface area (Å²) in [5, 5.41) is 10.2. The van der Waals surface area contributed by atoms with E-state index < -0.39 is 17.5 Å². The lowest BCUT2D eigenvalue weighted by molar-refractivity contribution is 0.102. The van der Waals surface area contributed by atoms with E-state index in [1.807, 2.05) is 0 Å². The molecule has 2 aromatic heterocycles. The lowest BCUT2D eigenvalue weighted by Gasteiger charge is -2.28. The van der Waals surface area contributed by atoms with Crippen molar-refractivity contribution in [1.82, 2.24) is 20.1 Å². The van der Waals surface area contributed by atoms with E-state index in [2.05, 4.69) is 32.4 Å². The minimum absolute atomic E-state index is 0.110. The van der Waals surface area contributed by atoms with Crippen molar-refractivity contribution < 1.29 is 18.3 Å². The van der Waals surface area contributed by atoms with Gasteiger partial charge in [-0.2, -0.15) is 5.10 Å². The molecule has 1 aliphatic rings. The van der Waals surface area contributed by atoms with E-state index in [9.17, 15) is 13.6 Å². The molecule has 0 atom stereocenters. The molecule has 174 valence electrons. The van der Waals surface area contributed by atoms with E-state index in [1.54, 1.807) is 30.3 Å². The Kier molecular flexibility index (Phi) is 5.93. The van der Waals surface area contributed by atoms with Crippen molar-refractivity contribution in [3.63, 3.8) is 0 Å². The number of halogens is 2. The van der Waals surface area contributed by atoms with E-state index >= 15 is 0 Å². The zero-order chi connectivity index (χ0) is 23.7. The van der Waals surface area contributed by atoms with Crippen molar-refractivity contribution in [2.24, 2.45) is 0 Å². The number of likely N-dealkylation sites (tertiary alicyclic amines) is 1. The number of ether oxygens (including phenoxy) is 1. The molecule has 7 nitrogen and oxygen atoms in total. The highest BCUT2D eigenvalue weighted by Crippen LogP contribution is 2.29. The van der Waals surface area contributed by atoms with Gasteiger partial charge < -0.3 is 15.0 Å². The van der Waals surface area contributed by atoms with Crippen LogP contribution in [0.3, 0.4) is 0 Å². The van der Waals surface area contributed by atoms with E-state index in [0.29, 0.717) is 28.0 Å². The fraction of sp³-hybridized carbons (Fsp3) is 0.240. The lowest BCUT2D eigenvalue weighted by Crippen LogP contribution is -2.35. The van der Waals surface area contributed by atoms with Crippen LogP contribution in [-0.4, -0.2) is 52.2 Å². The molecule has 3 heterocycles. The Balaban J connectivity index is 1.32. The minimum atomic E-state index is -0.940. The van der Waals surface area contributed by atoms with Crippen LogP contribution in [0.1, 0.15) is 23.3 Å². The summed E-state index contributed by atoms with van der Waals surface area (Å²) in [5.74, 6) is -1.81. The number of pyridine rings is 1. The quantitative estimate of drug-likeness (QED) is 0.451. The minimum Gasteiger partial charge on any atom is -0.474 e. The van der Waals surface area contributed by atoms with Crippen molar-refractivity contribution in [3.05, 3.63) is 72.1 Å². The van der Waals surface area contributed by atoms with Crippen LogP contribution in [0.25, 0.3) is 22.0 Å². The molecule has 5 rings (SSSR count). The first-order chi connectivity index (χ1) is 16.5. The number of hydrogen-bond donors (Lipinski definition) is 2. The summed E-state index contributed by atoms with van der Waals surface area (Å²) in [6.45, 7) is 1.98. The molecule has 0 radical (unpaired) electrons. The molecule has 0 bridgehead atoms. The molecular formula is C25H23F2N5O2. The van der Waals surface area contributed by atoms with Crippen LogP contribution in [0, 0.1) is 11.6 Å². The Morgan fingerprint density at radius 2 is 1.97 bits per heavy atom. The standard InChI is InChI=1S/C25H23F2N5O2/c1-32-11-9-17(10-12-32)34-22-8-6-16(14-28-22)29-25(33)24-19-13-15(5-7-21(19)30-31-24)18-3-2-4-20(26)23(18)27/h2-8,13-14,17H,9-12H2,1H3,(H,29,33)(H,30,31). The first kappa shape index (κ1) is 22.0. The van der Waals surface area contributed by atoms with Gasteiger partial charge in [0, 0.05) is 30.1 Å². The molecule has 34 heavy (non-hydrogen) atoms. The number of hydrogen-bond acceptors (Lipinski definition) is 5. The Hall–Kier alpha value is -3.85. The Labute approximate surface area is 194 Å². The summed E-state index contributed by atoms with van der Waals surface area (Å²) in [6, 6.07) is 12.4. The molecule has 1 fully saturated rings. The van der Waals surface area contributed by atoms with Crippen LogP contribution in [-0.2, 0) is 0 Å². The number of H-pyrrole nitrogens is 1. The number of rotatable bonds is 5. The maximum atomic E-state index is 14.3. The molecule has 1 saturated heterocycles. The summed E-state index contributed by atoms with van der Waals surface area (Å²) >= 11 is 0. The number of carbonyl (C=O) groups excluding carboxylic acids is 1. The number of carbonyl (C=O) groups is 1. The number of piperidine rings is 1. The predicted molar refractivity (Wildman–Crippen MR) is 125 cm³/mol. The van der Waals surface area contributed by atoms with Crippen molar-refractivity contribution >= 4 is 22.5 Å². The summed E-state index contributed by atoms with van der Waals surface area (Å²) in [7, 11) is 2.09. The lowest BCUT2D eigenvalue weighted by atomic mass is 10.0.